The molecule has 0 aromatic rings. The smallest absolute Gasteiger partial charge is 0.313 e. The van der Waals surface area contributed by atoms with Crippen molar-refractivity contribution >= 4 is 5.97 Å². The highest BCUT2D eigenvalue weighted by molar-refractivity contribution is 5.75. The number of carbonyl (C=O) groups is 1. The van der Waals surface area contributed by atoms with Crippen molar-refractivity contribution in [3.8, 4) is 12.3 Å². The van der Waals surface area contributed by atoms with Gasteiger partial charge < -0.3 is 9.47 Å². The lowest BCUT2D eigenvalue weighted by atomic mass is 9.84. The minimum Gasteiger partial charge on any atom is -0.460 e. The quantitative estimate of drug-likeness (QED) is 0.505. The SMILES string of the molecule is C#C[C@@H]1COC(C)(C)[C@@H]1C(=O)OC(C)(C)C. The molecule has 2 atom stereocenters. The third-order valence-electron chi connectivity index (χ3n) is 2.66. The van der Waals surface area contributed by atoms with Crippen LogP contribution >= 0.6 is 0 Å². The molecule has 0 saturated carbocycles. The van der Waals surface area contributed by atoms with Crippen LogP contribution in [0.1, 0.15) is 34.6 Å². The Bertz CT molecular complexity index is 317. The van der Waals surface area contributed by atoms with Gasteiger partial charge in [0, 0.05) is 0 Å². The molecule has 1 saturated heterocycles. The molecule has 0 aromatic carbocycles. The molecular weight excluding hydrogens is 204 g/mol. The van der Waals surface area contributed by atoms with Crippen LogP contribution in [0.25, 0.3) is 0 Å². The van der Waals surface area contributed by atoms with Gasteiger partial charge in [0.2, 0.25) is 0 Å². The predicted molar refractivity (Wildman–Crippen MR) is 61.7 cm³/mol. The van der Waals surface area contributed by atoms with Gasteiger partial charge in [-0.3, -0.25) is 4.79 Å². The van der Waals surface area contributed by atoms with E-state index in [4.69, 9.17) is 15.9 Å². The number of rotatable bonds is 1. The molecule has 16 heavy (non-hydrogen) atoms. The van der Waals surface area contributed by atoms with Crippen LogP contribution in [0.15, 0.2) is 0 Å². The van der Waals surface area contributed by atoms with E-state index in [2.05, 4.69) is 5.92 Å². The average Bonchev–Trinajstić information content (AvgIpc) is 2.37. The molecule has 0 radical (unpaired) electrons. The Morgan fingerprint density at radius 1 is 1.50 bits per heavy atom. The molecule has 90 valence electrons. The van der Waals surface area contributed by atoms with E-state index in [1.807, 2.05) is 34.6 Å². The van der Waals surface area contributed by atoms with Crippen molar-refractivity contribution in [1.82, 2.24) is 0 Å². The molecule has 0 unspecified atom stereocenters. The predicted octanol–water partition coefficient (Wildman–Crippen LogP) is 2.00. The zero-order chi connectivity index (χ0) is 12.6. The molecule has 0 amide bonds. The maximum absolute atomic E-state index is 12.0. The van der Waals surface area contributed by atoms with Crippen molar-refractivity contribution in [2.75, 3.05) is 6.61 Å². The van der Waals surface area contributed by atoms with Gasteiger partial charge in [0.15, 0.2) is 0 Å². The molecule has 3 nitrogen and oxygen atoms in total. The van der Waals surface area contributed by atoms with Gasteiger partial charge in [-0.1, -0.05) is 5.92 Å². The van der Waals surface area contributed by atoms with E-state index in [1.54, 1.807) is 0 Å². The van der Waals surface area contributed by atoms with Gasteiger partial charge in [0.25, 0.3) is 0 Å². The summed E-state index contributed by atoms with van der Waals surface area (Å²) in [7, 11) is 0. The Kier molecular flexibility index (Phi) is 3.35. The summed E-state index contributed by atoms with van der Waals surface area (Å²) in [4.78, 5) is 12.0. The number of carbonyl (C=O) groups excluding carboxylic acids is 1. The van der Waals surface area contributed by atoms with Crippen molar-refractivity contribution in [2.24, 2.45) is 11.8 Å². The first-order chi connectivity index (χ1) is 7.17. The number of terminal acetylenes is 1. The van der Waals surface area contributed by atoms with E-state index in [9.17, 15) is 4.79 Å². The fourth-order valence-electron chi connectivity index (χ4n) is 1.93. The Labute approximate surface area is 97.5 Å². The van der Waals surface area contributed by atoms with Crippen molar-refractivity contribution < 1.29 is 14.3 Å². The molecule has 1 heterocycles. The molecular formula is C13H20O3. The summed E-state index contributed by atoms with van der Waals surface area (Å²) in [5, 5.41) is 0. The van der Waals surface area contributed by atoms with Crippen LogP contribution in [-0.2, 0) is 14.3 Å². The highest BCUT2D eigenvalue weighted by atomic mass is 16.6. The Morgan fingerprint density at radius 2 is 2.06 bits per heavy atom. The molecule has 0 aliphatic carbocycles. The maximum atomic E-state index is 12.0. The Hall–Kier alpha value is -1.01. The summed E-state index contributed by atoms with van der Waals surface area (Å²) in [6.45, 7) is 9.71. The number of hydrogen-bond donors (Lipinski definition) is 0. The molecule has 0 spiro atoms. The van der Waals surface area contributed by atoms with Crippen LogP contribution in [0, 0.1) is 24.2 Å². The molecule has 1 aliphatic rings. The van der Waals surface area contributed by atoms with E-state index >= 15 is 0 Å². The number of ether oxygens (including phenoxy) is 2. The average molecular weight is 224 g/mol. The fourth-order valence-corrected chi connectivity index (χ4v) is 1.93. The Balaban J connectivity index is 2.84. The van der Waals surface area contributed by atoms with Gasteiger partial charge >= 0.3 is 5.97 Å². The third kappa shape index (κ3) is 2.76. The van der Waals surface area contributed by atoms with E-state index in [-0.39, 0.29) is 17.8 Å². The second kappa shape index (κ2) is 4.10. The highest BCUT2D eigenvalue weighted by Gasteiger charge is 2.48. The first-order valence-corrected chi connectivity index (χ1v) is 5.50. The van der Waals surface area contributed by atoms with Crippen LogP contribution < -0.4 is 0 Å². The fraction of sp³-hybridized carbons (Fsp3) is 0.769. The molecule has 0 aromatic heterocycles. The van der Waals surface area contributed by atoms with E-state index in [1.165, 1.54) is 0 Å². The van der Waals surface area contributed by atoms with Crippen LogP contribution in [-0.4, -0.2) is 23.8 Å². The molecule has 0 N–H and O–H groups in total. The Morgan fingerprint density at radius 3 is 2.50 bits per heavy atom. The lowest BCUT2D eigenvalue weighted by Gasteiger charge is -2.29. The van der Waals surface area contributed by atoms with Gasteiger partial charge in [-0.2, -0.15) is 0 Å². The van der Waals surface area contributed by atoms with Gasteiger partial charge in [-0.05, 0) is 34.6 Å². The molecule has 1 rings (SSSR count). The van der Waals surface area contributed by atoms with Crippen molar-refractivity contribution in [2.45, 2.75) is 45.8 Å². The van der Waals surface area contributed by atoms with Crippen LogP contribution in [0.2, 0.25) is 0 Å². The summed E-state index contributed by atoms with van der Waals surface area (Å²) in [6, 6.07) is 0. The van der Waals surface area contributed by atoms with E-state index < -0.39 is 11.2 Å². The van der Waals surface area contributed by atoms with Gasteiger partial charge in [-0.15, -0.1) is 6.42 Å². The monoisotopic (exact) mass is 224 g/mol. The summed E-state index contributed by atoms with van der Waals surface area (Å²) >= 11 is 0. The van der Waals surface area contributed by atoms with Crippen LogP contribution in [0.3, 0.4) is 0 Å². The largest absolute Gasteiger partial charge is 0.460 e. The van der Waals surface area contributed by atoms with Crippen molar-refractivity contribution in [3.05, 3.63) is 0 Å². The first kappa shape index (κ1) is 13.1. The zero-order valence-corrected chi connectivity index (χ0v) is 10.7. The standard InChI is InChI=1S/C13H20O3/c1-7-9-8-15-13(5,6)10(9)11(14)16-12(2,3)4/h1,9-10H,8H2,2-6H3/t9-,10+/m1/s1. The summed E-state index contributed by atoms with van der Waals surface area (Å²) in [6.07, 6.45) is 5.41. The lowest BCUT2D eigenvalue weighted by molar-refractivity contribution is -0.165. The second-order valence-electron chi connectivity index (χ2n) is 5.70. The summed E-state index contributed by atoms with van der Waals surface area (Å²) < 4.78 is 10.9. The summed E-state index contributed by atoms with van der Waals surface area (Å²) in [5.41, 5.74) is -1.03. The van der Waals surface area contributed by atoms with Gasteiger partial charge in [-0.25, -0.2) is 0 Å². The van der Waals surface area contributed by atoms with E-state index in [0.717, 1.165) is 0 Å². The molecule has 1 fully saturated rings. The van der Waals surface area contributed by atoms with Gasteiger partial charge in [0.05, 0.1) is 18.1 Å². The molecule has 0 bridgehead atoms. The summed E-state index contributed by atoms with van der Waals surface area (Å²) in [5.74, 6) is 1.78. The van der Waals surface area contributed by atoms with Crippen LogP contribution in [0.5, 0.6) is 0 Å². The maximum Gasteiger partial charge on any atom is 0.313 e. The van der Waals surface area contributed by atoms with E-state index in [0.29, 0.717) is 6.61 Å². The first-order valence-electron chi connectivity index (χ1n) is 5.50. The van der Waals surface area contributed by atoms with Crippen molar-refractivity contribution in [3.63, 3.8) is 0 Å². The van der Waals surface area contributed by atoms with Crippen LogP contribution in [0.4, 0.5) is 0 Å². The number of hydrogen-bond acceptors (Lipinski definition) is 3. The minimum atomic E-state index is -0.542. The van der Waals surface area contributed by atoms with Crippen molar-refractivity contribution in [1.29, 1.82) is 0 Å². The molecule has 1 aliphatic heterocycles. The topological polar surface area (TPSA) is 35.5 Å². The highest BCUT2D eigenvalue weighted by Crippen LogP contribution is 2.37. The third-order valence-corrected chi connectivity index (χ3v) is 2.66. The zero-order valence-electron chi connectivity index (χ0n) is 10.7. The number of esters is 1. The lowest BCUT2D eigenvalue weighted by Crippen LogP contribution is -2.40. The van der Waals surface area contributed by atoms with Gasteiger partial charge in [0.1, 0.15) is 11.5 Å². The second-order valence-corrected chi connectivity index (χ2v) is 5.70. The molecule has 3 heteroatoms. The minimum absolute atomic E-state index is 0.190. The normalized spacial score (nSPS) is 28.5.